The van der Waals surface area contributed by atoms with Crippen LogP contribution in [0, 0.1) is 6.92 Å². The van der Waals surface area contributed by atoms with Crippen molar-refractivity contribution in [2.75, 3.05) is 13.1 Å². The van der Waals surface area contributed by atoms with Crippen molar-refractivity contribution in [3.8, 4) is 0 Å². The van der Waals surface area contributed by atoms with Crippen LogP contribution in [0.2, 0.25) is 0 Å². The lowest BCUT2D eigenvalue weighted by Gasteiger charge is -2.28. The Balaban J connectivity index is 1.73. The highest BCUT2D eigenvalue weighted by Crippen LogP contribution is 2.22. The van der Waals surface area contributed by atoms with E-state index >= 15 is 0 Å². The summed E-state index contributed by atoms with van der Waals surface area (Å²) in [6, 6.07) is 8.89. The van der Waals surface area contributed by atoms with Gasteiger partial charge >= 0.3 is 6.09 Å². The van der Waals surface area contributed by atoms with Crippen molar-refractivity contribution in [1.82, 2.24) is 10.2 Å². The lowest BCUT2D eigenvalue weighted by atomic mass is 10.1. The fourth-order valence-electron chi connectivity index (χ4n) is 2.90. The van der Waals surface area contributed by atoms with Gasteiger partial charge in [0.25, 0.3) is 0 Å². The predicted molar refractivity (Wildman–Crippen MR) is 93.5 cm³/mol. The number of amides is 1. The van der Waals surface area contributed by atoms with Gasteiger partial charge in [-0.2, -0.15) is 0 Å². The molecule has 23 heavy (non-hydrogen) atoms. The van der Waals surface area contributed by atoms with Crippen LogP contribution in [0.15, 0.2) is 24.3 Å². The number of aryl methyl sites for hydroxylation is 1. The van der Waals surface area contributed by atoms with Gasteiger partial charge in [-0.25, -0.2) is 4.79 Å². The summed E-state index contributed by atoms with van der Waals surface area (Å²) in [6.45, 7) is 10.5. The number of benzene rings is 1. The van der Waals surface area contributed by atoms with Crippen molar-refractivity contribution in [3.63, 3.8) is 0 Å². The van der Waals surface area contributed by atoms with Crippen LogP contribution in [0.3, 0.4) is 0 Å². The summed E-state index contributed by atoms with van der Waals surface area (Å²) in [5.74, 6) is 0. The second-order valence-electron chi connectivity index (χ2n) is 7.42. The first-order chi connectivity index (χ1) is 10.8. The highest BCUT2D eigenvalue weighted by molar-refractivity contribution is 5.68. The molecule has 1 atom stereocenters. The van der Waals surface area contributed by atoms with E-state index in [2.05, 4.69) is 36.5 Å². The van der Waals surface area contributed by atoms with E-state index in [1.807, 2.05) is 25.7 Å². The van der Waals surface area contributed by atoms with Gasteiger partial charge in [-0.3, -0.25) is 0 Å². The zero-order valence-corrected chi connectivity index (χ0v) is 14.9. The van der Waals surface area contributed by atoms with Crippen LogP contribution >= 0.6 is 0 Å². The third-order valence-corrected chi connectivity index (χ3v) is 4.11. The van der Waals surface area contributed by atoms with Gasteiger partial charge in [0.05, 0.1) is 0 Å². The van der Waals surface area contributed by atoms with E-state index in [0.717, 1.165) is 38.9 Å². The number of carbonyl (C=O) groups excluding carboxylic acids is 1. The van der Waals surface area contributed by atoms with Gasteiger partial charge in [0.15, 0.2) is 0 Å². The van der Waals surface area contributed by atoms with Crippen LogP contribution in [0.25, 0.3) is 0 Å². The standard InChI is InChI=1S/C19H30N2O2/c1-15-7-9-16(10-8-15)14-20-12-11-17-6-5-13-21(17)18(22)23-19(2,3)4/h7-10,17,20H,5-6,11-14H2,1-4H3. The molecule has 1 aromatic rings. The number of carbonyl (C=O) groups is 1. The van der Waals surface area contributed by atoms with Crippen LogP contribution in [0.4, 0.5) is 4.79 Å². The van der Waals surface area contributed by atoms with Crippen molar-refractivity contribution in [2.24, 2.45) is 0 Å². The Bertz CT molecular complexity index is 505. The minimum Gasteiger partial charge on any atom is -0.444 e. The highest BCUT2D eigenvalue weighted by Gasteiger charge is 2.31. The summed E-state index contributed by atoms with van der Waals surface area (Å²) in [7, 11) is 0. The van der Waals surface area contributed by atoms with Crippen molar-refractivity contribution < 1.29 is 9.53 Å². The van der Waals surface area contributed by atoms with Crippen molar-refractivity contribution >= 4 is 6.09 Å². The quantitative estimate of drug-likeness (QED) is 0.838. The molecule has 1 saturated heterocycles. The summed E-state index contributed by atoms with van der Waals surface area (Å²) in [5.41, 5.74) is 2.16. The van der Waals surface area contributed by atoms with Crippen molar-refractivity contribution in [2.45, 2.75) is 65.1 Å². The molecule has 0 radical (unpaired) electrons. The Hall–Kier alpha value is -1.55. The molecule has 1 aliphatic heterocycles. The number of likely N-dealkylation sites (tertiary alicyclic amines) is 1. The molecule has 0 aromatic heterocycles. The molecule has 0 aliphatic carbocycles. The fraction of sp³-hybridized carbons (Fsp3) is 0.632. The van der Waals surface area contributed by atoms with E-state index in [9.17, 15) is 4.79 Å². The zero-order valence-electron chi connectivity index (χ0n) is 14.9. The molecule has 0 saturated carbocycles. The molecule has 1 amide bonds. The summed E-state index contributed by atoms with van der Waals surface area (Å²) in [6.07, 6.45) is 2.96. The maximum Gasteiger partial charge on any atom is 0.410 e. The second-order valence-corrected chi connectivity index (χ2v) is 7.42. The molecule has 1 fully saturated rings. The Morgan fingerprint density at radius 3 is 2.65 bits per heavy atom. The van der Waals surface area contributed by atoms with E-state index in [4.69, 9.17) is 4.74 Å². The summed E-state index contributed by atoms with van der Waals surface area (Å²) >= 11 is 0. The molecule has 0 spiro atoms. The van der Waals surface area contributed by atoms with Crippen LogP contribution < -0.4 is 5.32 Å². The van der Waals surface area contributed by atoms with Crippen LogP contribution in [-0.2, 0) is 11.3 Å². The van der Waals surface area contributed by atoms with Crippen molar-refractivity contribution in [1.29, 1.82) is 0 Å². The van der Waals surface area contributed by atoms with Gasteiger partial charge in [-0.15, -0.1) is 0 Å². The highest BCUT2D eigenvalue weighted by atomic mass is 16.6. The number of hydrogen-bond donors (Lipinski definition) is 1. The second kappa shape index (κ2) is 7.82. The molecule has 1 unspecified atom stereocenters. The third kappa shape index (κ3) is 5.87. The molecule has 128 valence electrons. The Morgan fingerprint density at radius 1 is 1.30 bits per heavy atom. The number of nitrogens with one attached hydrogen (secondary N) is 1. The monoisotopic (exact) mass is 318 g/mol. The molecule has 1 aromatic carbocycles. The topological polar surface area (TPSA) is 41.6 Å². The average molecular weight is 318 g/mol. The van der Waals surface area contributed by atoms with Gasteiger partial charge in [0.2, 0.25) is 0 Å². The minimum atomic E-state index is -0.423. The summed E-state index contributed by atoms with van der Waals surface area (Å²) < 4.78 is 5.51. The normalized spacial score (nSPS) is 18.3. The molecular weight excluding hydrogens is 288 g/mol. The molecular formula is C19H30N2O2. The molecule has 4 heteroatoms. The zero-order chi connectivity index (χ0) is 16.9. The molecule has 1 N–H and O–H groups in total. The molecule has 0 bridgehead atoms. The molecule has 1 aliphatic rings. The number of nitrogens with zero attached hydrogens (tertiary/aromatic N) is 1. The molecule has 2 rings (SSSR count). The average Bonchev–Trinajstić information content (AvgIpc) is 2.92. The Labute approximate surface area is 140 Å². The van der Waals surface area contributed by atoms with Gasteiger partial charge in [-0.1, -0.05) is 29.8 Å². The minimum absolute atomic E-state index is 0.168. The van der Waals surface area contributed by atoms with Crippen LogP contribution in [0.5, 0.6) is 0 Å². The van der Waals surface area contributed by atoms with Gasteiger partial charge < -0.3 is 15.0 Å². The van der Waals surface area contributed by atoms with Crippen LogP contribution in [-0.4, -0.2) is 35.7 Å². The number of rotatable bonds is 5. The first-order valence-electron chi connectivity index (χ1n) is 8.61. The van der Waals surface area contributed by atoms with E-state index < -0.39 is 5.60 Å². The Morgan fingerprint density at radius 2 is 2.00 bits per heavy atom. The fourth-order valence-corrected chi connectivity index (χ4v) is 2.90. The third-order valence-electron chi connectivity index (χ3n) is 4.11. The first kappa shape index (κ1) is 17.8. The van der Waals surface area contributed by atoms with Gasteiger partial charge in [0.1, 0.15) is 5.60 Å². The van der Waals surface area contributed by atoms with E-state index in [1.165, 1.54) is 11.1 Å². The van der Waals surface area contributed by atoms with Gasteiger partial charge in [0, 0.05) is 19.1 Å². The SMILES string of the molecule is Cc1ccc(CNCCC2CCCN2C(=O)OC(C)(C)C)cc1. The maximum atomic E-state index is 12.2. The first-order valence-corrected chi connectivity index (χ1v) is 8.61. The lowest BCUT2D eigenvalue weighted by molar-refractivity contribution is 0.0220. The number of ether oxygens (including phenoxy) is 1. The van der Waals surface area contributed by atoms with E-state index in [1.54, 1.807) is 0 Å². The smallest absolute Gasteiger partial charge is 0.410 e. The van der Waals surface area contributed by atoms with Gasteiger partial charge in [-0.05, 0) is 59.1 Å². The number of hydrogen-bond acceptors (Lipinski definition) is 3. The van der Waals surface area contributed by atoms with E-state index in [0.29, 0.717) is 6.04 Å². The summed E-state index contributed by atoms with van der Waals surface area (Å²) in [5, 5.41) is 3.48. The van der Waals surface area contributed by atoms with Crippen LogP contribution in [0.1, 0.15) is 51.2 Å². The molecule has 1 heterocycles. The Kier molecular flexibility index (Phi) is 6.05. The predicted octanol–water partition coefficient (Wildman–Crippen LogP) is 3.87. The maximum absolute atomic E-state index is 12.2. The van der Waals surface area contributed by atoms with Crippen molar-refractivity contribution in [3.05, 3.63) is 35.4 Å². The summed E-state index contributed by atoms with van der Waals surface area (Å²) in [4.78, 5) is 14.1. The largest absolute Gasteiger partial charge is 0.444 e. The van der Waals surface area contributed by atoms with E-state index in [-0.39, 0.29) is 6.09 Å². The lowest BCUT2D eigenvalue weighted by Crippen LogP contribution is -2.40. The molecule has 4 nitrogen and oxygen atoms in total.